The van der Waals surface area contributed by atoms with Crippen molar-refractivity contribution < 1.29 is 14.3 Å². The van der Waals surface area contributed by atoms with Crippen LogP contribution in [-0.2, 0) is 20.7 Å². The van der Waals surface area contributed by atoms with E-state index in [1.807, 2.05) is 27.7 Å². The number of hydrogen-bond acceptors (Lipinski definition) is 3. The van der Waals surface area contributed by atoms with Gasteiger partial charge in [0.2, 0.25) is 5.91 Å². The molecule has 1 atom stereocenters. The van der Waals surface area contributed by atoms with Crippen molar-refractivity contribution in [2.24, 2.45) is 0 Å². The Hall–Kier alpha value is -1.84. The maximum atomic E-state index is 12.4. The lowest BCUT2D eigenvalue weighted by atomic mass is 9.94. The van der Waals surface area contributed by atoms with E-state index in [9.17, 15) is 9.59 Å². The summed E-state index contributed by atoms with van der Waals surface area (Å²) in [5.41, 5.74) is 3.44. The first-order valence-electron chi connectivity index (χ1n) is 7.69. The van der Waals surface area contributed by atoms with Crippen LogP contribution >= 0.6 is 0 Å². The molecule has 4 nitrogen and oxygen atoms in total. The van der Waals surface area contributed by atoms with Crippen molar-refractivity contribution in [3.05, 3.63) is 34.4 Å². The SMILES string of the molecule is CCCC(C)(NC(=O)Cc1c(C)cc(C)cc1C)C(=O)OC. The Morgan fingerprint density at radius 1 is 1.18 bits per heavy atom. The van der Waals surface area contributed by atoms with E-state index in [1.54, 1.807) is 6.92 Å². The number of ether oxygens (including phenoxy) is 1. The highest BCUT2D eigenvalue weighted by atomic mass is 16.5. The monoisotopic (exact) mass is 305 g/mol. The van der Waals surface area contributed by atoms with E-state index in [0.717, 1.165) is 23.1 Å². The number of benzene rings is 1. The first-order valence-corrected chi connectivity index (χ1v) is 7.69. The number of amides is 1. The minimum atomic E-state index is -0.965. The molecule has 0 aliphatic rings. The van der Waals surface area contributed by atoms with Crippen LogP contribution in [0.3, 0.4) is 0 Å². The summed E-state index contributed by atoms with van der Waals surface area (Å²) in [6.45, 7) is 9.75. The molecule has 22 heavy (non-hydrogen) atoms. The maximum Gasteiger partial charge on any atom is 0.331 e. The molecule has 0 bridgehead atoms. The Labute approximate surface area is 133 Å². The highest BCUT2D eigenvalue weighted by molar-refractivity contribution is 5.88. The lowest BCUT2D eigenvalue weighted by Gasteiger charge is -2.27. The summed E-state index contributed by atoms with van der Waals surface area (Å²) >= 11 is 0. The van der Waals surface area contributed by atoms with Gasteiger partial charge < -0.3 is 10.1 Å². The third-order valence-electron chi connectivity index (χ3n) is 3.98. The standard InChI is InChI=1S/C18H27NO3/c1-7-8-18(5,17(21)22-6)19-16(20)11-15-13(3)9-12(2)10-14(15)4/h9-10H,7-8,11H2,1-6H3,(H,19,20). The van der Waals surface area contributed by atoms with Gasteiger partial charge in [0.1, 0.15) is 5.54 Å². The van der Waals surface area contributed by atoms with Gasteiger partial charge in [0.15, 0.2) is 0 Å². The highest BCUT2D eigenvalue weighted by Gasteiger charge is 2.35. The van der Waals surface area contributed by atoms with E-state index in [-0.39, 0.29) is 12.3 Å². The number of aryl methyl sites for hydroxylation is 3. The van der Waals surface area contributed by atoms with Crippen molar-refractivity contribution in [2.45, 2.75) is 59.4 Å². The molecule has 0 saturated carbocycles. The van der Waals surface area contributed by atoms with Gasteiger partial charge in [0.05, 0.1) is 13.5 Å². The van der Waals surface area contributed by atoms with Crippen LogP contribution in [0, 0.1) is 20.8 Å². The van der Waals surface area contributed by atoms with E-state index >= 15 is 0 Å². The van der Waals surface area contributed by atoms with Crippen LogP contribution in [0.25, 0.3) is 0 Å². The van der Waals surface area contributed by atoms with Gasteiger partial charge in [-0.1, -0.05) is 31.0 Å². The average Bonchev–Trinajstić information content (AvgIpc) is 2.42. The van der Waals surface area contributed by atoms with Crippen molar-refractivity contribution in [1.82, 2.24) is 5.32 Å². The Morgan fingerprint density at radius 3 is 2.18 bits per heavy atom. The number of rotatable bonds is 6. The molecule has 0 heterocycles. The van der Waals surface area contributed by atoms with Crippen molar-refractivity contribution >= 4 is 11.9 Å². The van der Waals surface area contributed by atoms with Gasteiger partial charge in [-0.15, -0.1) is 0 Å². The van der Waals surface area contributed by atoms with Gasteiger partial charge in [0, 0.05) is 0 Å². The van der Waals surface area contributed by atoms with Crippen LogP contribution in [0.2, 0.25) is 0 Å². The smallest absolute Gasteiger partial charge is 0.331 e. The Morgan fingerprint density at radius 2 is 1.73 bits per heavy atom. The molecule has 1 rings (SSSR count). The van der Waals surface area contributed by atoms with E-state index in [2.05, 4.69) is 17.4 Å². The van der Waals surface area contributed by atoms with E-state index in [0.29, 0.717) is 6.42 Å². The fourth-order valence-electron chi connectivity index (χ4n) is 2.94. The summed E-state index contributed by atoms with van der Waals surface area (Å²) in [4.78, 5) is 24.3. The van der Waals surface area contributed by atoms with Crippen LogP contribution in [0.1, 0.15) is 48.9 Å². The van der Waals surface area contributed by atoms with Crippen LogP contribution in [0.15, 0.2) is 12.1 Å². The van der Waals surface area contributed by atoms with Crippen LogP contribution in [-0.4, -0.2) is 24.5 Å². The van der Waals surface area contributed by atoms with Crippen LogP contribution in [0.4, 0.5) is 0 Å². The number of esters is 1. The number of nitrogens with one attached hydrogen (secondary N) is 1. The van der Waals surface area contributed by atoms with Crippen molar-refractivity contribution in [3.8, 4) is 0 Å². The molecule has 1 aromatic carbocycles. The number of carbonyl (C=O) groups is 2. The molecule has 0 radical (unpaired) electrons. The van der Waals surface area contributed by atoms with E-state index in [1.165, 1.54) is 12.7 Å². The summed E-state index contributed by atoms with van der Waals surface area (Å²) in [5.74, 6) is -0.559. The normalized spacial score (nSPS) is 13.4. The summed E-state index contributed by atoms with van der Waals surface area (Å²) in [5, 5.41) is 2.85. The van der Waals surface area contributed by atoms with Crippen molar-refractivity contribution in [1.29, 1.82) is 0 Å². The Bertz CT molecular complexity index is 542. The minimum Gasteiger partial charge on any atom is -0.467 e. The van der Waals surface area contributed by atoms with Crippen LogP contribution < -0.4 is 5.32 Å². The lowest BCUT2D eigenvalue weighted by Crippen LogP contribution is -2.53. The zero-order valence-electron chi connectivity index (χ0n) is 14.5. The second kappa shape index (κ2) is 7.43. The predicted molar refractivity (Wildman–Crippen MR) is 87.8 cm³/mol. The second-order valence-corrected chi connectivity index (χ2v) is 6.18. The number of methoxy groups -OCH3 is 1. The topological polar surface area (TPSA) is 55.4 Å². The molecule has 1 aromatic rings. The highest BCUT2D eigenvalue weighted by Crippen LogP contribution is 2.19. The van der Waals surface area contributed by atoms with Gasteiger partial charge >= 0.3 is 5.97 Å². The largest absolute Gasteiger partial charge is 0.467 e. The molecule has 0 fully saturated rings. The number of carbonyl (C=O) groups excluding carboxylic acids is 2. The van der Waals surface area contributed by atoms with Gasteiger partial charge in [0.25, 0.3) is 0 Å². The van der Waals surface area contributed by atoms with Gasteiger partial charge in [-0.05, 0) is 50.8 Å². The zero-order chi connectivity index (χ0) is 16.9. The molecule has 1 unspecified atom stereocenters. The summed E-state index contributed by atoms with van der Waals surface area (Å²) in [6.07, 6.45) is 1.61. The molecular weight excluding hydrogens is 278 g/mol. The summed E-state index contributed by atoms with van der Waals surface area (Å²) < 4.78 is 4.83. The average molecular weight is 305 g/mol. The first kappa shape index (κ1) is 18.2. The first-order chi connectivity index (χ1) is 10.2. The maximum absolute atomic E-state index is 12.4. The molecule has 0 saturated heterocycles. The molecule has 1 amide bonds. The van der Waals surface area contributed by atoms with E-state index < -0.39 is 11.5 Å². The third kappa shape index (κ3) is 4.33. The predicted octanol–water partition coefficient (Wildman–Crippen LogP) is 3.00. The fourth-order valence-corrected chi connectivity index (χ4v) is 2.94. The quantitative estimate of drug-likeness (QED) is 0.822. The fraction of sp³-hybridized carbons (Fsp3) is 0.556. The molecule has 4 heteroatoms. The van der Waals surface area contributed by atoms with E-state index in [4.69, 9.17) is 4.74 Å². The molecule has 0 aromatic heterocycles. The zero-order valence-corrected chi connectivity index (χ0v) is 14.5. The molecule has 122 valence electrons. The van der Waals surface area contributed by atoms with Gasteiger partial charge in [-0.25, -0.2) is 4.79 Å². The third-order valence-corrected chi connectivity index (χ3v) is 3.98. The van der Waals surface area contributed by atoms with Crippen LogP contribution in [0.5, 0.6) is 0 Å². The number of hydrogen-bond donors (Lipinski definition) is 1. The minimum absolute atomic E-state index is 0.156. The second-order valence-electron chi connectivity index (χ2n) is 6.18. The Kier molecular flexibility index (Phi) is 6.15. The van der Waals surface area contributed by atoms with Crippen molar-refractivity contribution in [3.63, 3.8) is 0 Å². The molecule has 1 N–H and O–H groups in total. The molecule has 0 aliphatic carbocycles. The van der Waals surface area contributed by atoms with Gasteiger partial charge in [-0.3, -0.25) is 4.79 Å². The summed E-state index contributed by atoms with van der Waals surface area (Å²) in [6, 6.07) is 4.14. The summed E-state index contributed by atoms with van der Waals surface area (Å²) in [7, 11) is 1.34. The lowest BCUT2D eigenvalue weighted by molar-refractivity contribution is -0.150. The molecular formula is C18H27NO3. The van der Waals surface area contributed by atoms with Crippen molar-refractivity contribution in [2.75, 3.05) is 7.11 Å². The van der Waals surface area contributed by atoms with Gasteiger partial charge in [-0.2, -0.15) is 0 Å². The Balaban J connectivity index is 2.91. The molecule has 0 spiro atoms. The molecule has 0 aliphatic heterocycles.